The molecule has 4 rings (SSSR count). The van der Waals surface area contributed by atoms with E-state index in [1.807, 2.05) is 36.1 Å². The second-order valence-electron chi connectivity index (χ2n) is 8.77. The summed E-state index contributed by atoms with van der Waals surface area (Å²) in [6.07, 6.45) is 1.46. The highest BCUT2D eigenvalue weighted by molar-refractivity contribution is 6.01. The van der Waals surface area contributed by atoms with Crippen molar-refractivity contribution in [2.24, 2.45) is 11.8 Å². The van der Waals surface area contributed by atoms with Crippen LogP contribution in [0.15, 0.2) is 42.5 Å². The molecule has 2 fully saturated rings. The molecule has 7 nitrogen and oxygen atoms in total. The number of methoxy groups -OCH3 is 2. The summed E-state index contributed by atoms with van der Waals surface area (Å²) >= 11 is 0. The van der Waals surface area contributed by atoms with E-state index in [1.54, 1.807) is 37.3 Å². The van der Waals surface area contributed by atoms with Crippen molar-refractivity contribution in [3.05, 3.63) is 53.6 Å². The minimum Gasteiger partial charge on any atom is -0.497 e. The number of aryl methyl sites for hydroxylation is 1. The van der Waals surface area contributed by atoms with Gasteiger partial charge in [0.15, 0.2) is 5.78 Å². The average Bonchev–Trinajstić information content (AvgIpc) is 3.24. The van der Waals surface area contributed by atoms with Crippen LogP contribution in [0.3, 0.4) is 0 Å². The third-order valence-electron chi connectivity index (χ3n) is 6.66. The van der Waals surface area contributed by atoms with Gasteiger partial charge in [-0.3, -0.25) is 14.4 Å². The summed E-state index contributed by atoms with van der Waals surface area (Å²) in [7, 11) is 3.12. The number of carbonyl (C=O) groups is 3. The first-order chi connectivity index (χ1) is 15.9. The van der Waals surface area contributed by atoms with Gasteiger partial charge in [-0.2, -0.15) is 0 Å². The number of ketones is 1. The lowest BCUT2D eigenvalue weighted by atomic mass is 9.88. The van der Waals surface area contributed by atoms with Crippen LogP contribution in [0.4, 0.5) is 5.69 Å². The molecular formula is C26H30N2O5. The van der Waals surface area contributed by atoms with Gasteiger partial charge in [0.2, 0.25) is 11.8 Å². The maximum atomic E-state index is 13.2. The molecule has 0 aromatic heterocycles. The van der Waals surface area contributed by atoms with Crippen LogP contribution in [0.2, 0.25) is 0 Å². The van der Waals surface area contributed by atoms with Crippen molar-refractivity contribution in [2.45, 2.75) is 26.2 Å². The fourth-order valence-electron chi connectivity index (χ4n) is 4.69. The van der Waals surface area contributed by atoms with Gasteiger partial charge in [-0.25, -0.2) is 0 Å². The van der Waals surface area contributed by atoms with E-state index in [-0.39, 0.29) is 29.9 Å². The highest BCUT2D eigenvalue weighted by atomic mass is 16.5. The molecule has 2 aliphatic heterocycles. The summed E-state index contributed by atoms with van der Waals surface area (Å²) in [5, 5.41) is 0. The van der Waals surface area contributed by atoms with Crippen molar-refractivity contribution < 1.29 is 23.9 Å². The first-order valence-corrected chi connectivity index (χ1v) is 11.3. The summed E-state index contributed by atoms with van der Waals surface area (Å²) < 4.78 is 10.7. The zero-order valence-electron chi connectivity index (χ0n) is 19.4. The predicted octanol–water partition coefficient (Wildman–Crippen LogP) is 3.49. The fraction of sp³-hybridized carbons (Fsp3) is 0.423. The number of nitrogens with zero attached hydrogens (tertiary/aromatic N) is 2. The Morgan fingerprint density at radius 3 is 2.27 bits per heavy atom. The summed E-state index contributed by atoms with van der Waals surface area (Å²) in [4.78, 5) is 42.2. The van der Waals surface area contributed by atoms with Crippen LogP contribution >= 0.6 is 0 Å². The van der Waals surface area contributed by atoms with Gasteiger partial charge in [-0.15, -0.1) is 0 Å². The third kappa shape index (κ3) is 4.72. The van der Waals surface area contributed by atoms with Crippen LogP contribution in [-0.4, -0.2) is 56.4 Å². The van der Waals surface area contributed by atoms with E-state index in [1.165, 1.54) is 0 Å². The summed E-state index contributed by atoms with van der Waals surface area (Å²) in [6.45, 7) is 3.38. The Morgan fingerprint density at radius 2 is 1.64 bits per heavy atom. The number of hydrogen-bond acceptors (Lipinski definition) is 5. The van der Waals surface area contributed by atoms with Crippen molar-refractivity contribution in [1.29, 1.82) is 0 Å². The molecular weight excluding hydrogens is 420 g/mol. The molecule has 2 amide bonds. The smallest absolute Gasteiger partial charge is 0.228 e. The lowest BCUT2D eigenvalue weighted by Crippen LogP contribution is -2.43. The lowest BCUT2D eigenvalue weighted by molar-refractivity contribution is -0.137. The Balaban J connectivity index is 1.38. The number of hydrogen-bond donors (Lipinski definition) is 0. The molecule has 1 atom stereocenters. The molecule has 2 aliphatic rings. The first-order valence-electron chi connectivity index (χ1n) is 11.3. The molecule has 2 heterocycles. The zero-order valence-corrected chi connectivity index (χ0v) is 19.4. The fourth-order valence-corrected chi connectivity index (χ4v) is 4.69. The Hall–Kier alpha value is -3.35. The topological polar surface area (TPSA) is 76.2 Å². The minimum atomic E-state index is -0.405. The number of benzene rings is 2. The van der Waals surface area contributed by atoms with Crippen LogP contribution in [0, 0.1) is 18.8 Å². The molecule has 0 saturated carbocycles. The van der Waals surface area contributed by atoms with Gasteiger partial charge in [-0.1, -0.05) is 29.8 Å². The summed E-state index contributed by atoms with van der Waals surface area (Å²) in [6, 6.07) is 12.9. The molecule has 0 N–H and O–H groups in total. The van der Waals surface area contributed by atoms with Crippen LogP contribution < -0.4 is 14.4 Å². The number of amides is 2. The Bertz CT molecular complexity index is 1040. The standard InChI is InChI=1S/C26H30N2O5/c1-17-4-6-18(7-5-17)25(30)19-10-12-27(13-11-19)26(31)20-14-24(29)28(16-20)22-15-21(32-2)8-9-23(22)33-3/h4-9,15,19-20H,10-14,16H2,1-3H3. The zero-order chi connectivity index (χ0) is 23.5. The van der Waals surface area contributed by atoms with Crippen LogP contribution in [0.1, 0.15) is 35.2 Å². The van der Waals surface area contributed by atoms with Crippen molar-refractivity contribution in [2.75, 3.05) is 38.8 Å². The van der Waals surface area contributed by atoms with Crippen LogP contribution in [0.5, 0.6) is 11.5 Å². The van der Waals surface area contributed by atoms with Crippen molar-refractivity contribution in [3.8, 4) is 11.5 Å². The molecule has 0 bridgehead atoms. The summed E-state index contributed by atoms with van der Waals surface area (Å²) in [5.41, 5.74) is 2.47. The average molecular weight is 451 g/mol. The lowest BCUT2D eigenvalue weighted by Gasteiger charge is -2.33. The highest BCUT2D eigenvalue weighted by Crippen LogP contribution is 2.36. The summed E-state index contributed by atoms with van der Waals surface area (Å²) in [5.74, 6) is 0.728. The molecule has 7 heteroatoms. The van der Waals surface area contributed by atoms with Gasteiger partial charge in [0.1, 0.15) is 11.5 Å². The van der Waals surface area contributed by atoms with E-state index in [0.29, 0.717) is 49.7 Å². The van der Waals surface area contributed by atoms with Gasteiger partial charge >= 0.3 is 0 Å². The van der Waals surface area contributed by atoms with Crippen molar-refractivity contribution in [3.63, 3.8) is 0 Å². The van der Waals surface area contributed by atoms with Gasteiger partial charge in [0.25, 0.3) is 0 Å². The molecule has 174 valence electrons. The number of rotatable bonds is 6. The van der Waals surface area contributed by atoms with Crippen molar-refractivity contribution >= 4 is 23.3 Å². The second-order valence-corrected chi connectivity index (χ2v) is 8.77. The Morgan fingerprint density at radius 1 is 0.939 bits per heavy atom. The number of Topliss-reactive ketones (excluding diaryl/α,β-unsaturated/α-hetero) is 1. The van der Waals surface area contributed by atoms with E-state index in [2.05, 4.69) is 0 Å². The Kier molecular flexibility index (Phi) is 6.67. The van der Waals surface area contributed by atoms with E-state index in [0.717, 1.165) is 11.1 Å². The first kappa shape index (κ1) is 22.8. The molecule has 0 aliphatic carbocycles. The van der Waals surface area contributed by atoms with Crippen LogP contribution in [-0.2, 0) is 9.59 Å². The van der Waals surface area contributed by atoms with Gasteiger partial charge in [-0.05, 0) is 31.9 Å². The quantitative estimate of drug-likeness (QED) is 0.630. The van der Waals surface area contributed by atoms with Gasteiger partial charge in [0, 0.05) is 43.6 Å². The van der Waals surface area contributed by atoms with E-state index in [4.69, 9.17) is 9.47 Å². The molecule has 0 spiro atoms. The molecule has 2 saturated heterocycles. The minimum absolute atomic E-state index is 0.0195. The molecule has 33 heavy (non-hydrogen) atoms. The van der Waals surface area contributed by atoms with Crippen molar-refractivity contribution in [1.82, 2.24) is 4.90 Å². The maximum absolute atomic E-state index is 13.2. The Labute approximate surface area is 194 Å². The maximum Gasteiger partial charge on any atom is 0.228 e. The predicted molar refractivity (Wildman–Crippen MR) is 125 cm³/mol. The SMILES string of the molecule is COc1ccc(OC)c(N2CC(C(=O)N3CCC(C(=O)c4ccc(C)cc4)CC3)CC2=O)c1. The highest BCUT2D eigenvalue weighted by Gasteiger charge is 2.39. The number of likely N-dealkylation sites (tertiary alicyclic amines) is 1. The molecule has 0 radical (unpaired) electrons. The van der Waals surface area contributed by atoms with E-state index < -0.39 is 5.92 Å². The van der Waals surface area contributed by atoms with Crippen LogP contribution in [0.25, 0.3) is 0 Å². The van der Waals surface area contributed by atoms with E-state index >= 15 is 0 Å². The van der Waals surface area contributed by atoms with E-state index in [9.17, 15) is 14.4 Å². The number of piperidine rings is 1. The number of anilines is 1. The number of ether oxygens (including phenoxy) is 2. The van der Waals surface area contributed by atoms with Gasteiger partial charge in [0.05, 0.1) is 25.8 Å². The van der Waals surface area contributed by atoms with Gasteiger partial charge < -0.3 is 19.3 Å². The molecule has 2 aromatic carbocycles. The third-order valence-corrected chi connectivity index (χ3v) is 6.66. The largest absolute Gasteiger partial charge is 0.497 e. The normalized spacial score (nSPS) is 19.0. The molecule has 1 unspecified atom stereocenters. The number of carbonyl (C=O) groups excluding carboxylic acids is 3. The molecule has 2 aromatic rings. The second kappa shape index (κ2) is 9.65. The monoisotopic (exact) mass is 450 g/mol.